The molecule has 23 heavy (non-hydrogen) atoms. The zero-order valence-corrected chi connectivity index (χ0v) is 12.7. The Morgan fingerprint density at radius 1 is 1.22 bits per heavy atom. The predicted octanol–water partition coefficient (Wildman–Crippen LogP) is 3.68. The number of alkyl halides is 3. The van der Waals surface area contributed by atoms with Crippen molar-refractivity contribution in [1.29, 1.82) is 0 Å². The van der Waals surface area contributed by atoms with Crippen molar-refractivity contribution >= 4 is 17.5 Å². The highest BCUT2D eigenvalue weighted by Crippen LogP contribution is 2.16. The number of hydrogen-bond acceptors (Lipinski definition) is 2. The number of rotatable bonds is 6. The summed E-state index contributed by atoms with van der Waals surface area (Å²) in [6, 6.07) is 8.26. The summed E-state index contributed by atoms with van der Waals surface area (Å²) in [6.07, 6.45) is -2.82. The number of hydrogen-bond donors (Lipinski definition) is 2. The minimum atomic E-state index is -4.33. The fourth-order valence-electron chi connectivity index (χ4n) is 1.81. The molecule has 0 aliphatic carbocycles. The van der Waals surface area contributed by atoms with E-state index in [1.165, 1.54) is 12.3 Å². The molecular weight excluding hydrogens is 333 g/mol. The molecule has 0 atom stereocenters. The van der Waals surface area contributed by atoms with E-state index in [0.29, 0.717) is 22.8 Å². The maximum Gasteiger partial charge on any atom is 0.411 e. The standard InChI is InChI=1S/C15H14ClF3N2O2/c16-12-5-13(20-7-12)14(22)21-6-10-1-3-11(4-2-10)8-23-9-15(17,18)19/h1-5,7,20H,6,8-9H2,(H,21,22). The van der Waals surface area contributed by atoms with Gasteiger partial charge in [0.15, 0.2) is 0 Å². The molecule has 0 fully saturated rings. The SMILES string of the molecule is O=C(NCc1ccc(COCC(F)(F)F)cc1)c1cc(Cl)c[nH]1. The molecule has 0 aliphatic heterocycles. The van der Waals surface area contributed by atoms with E-state index in [2.05, 4.69) is 15.0 Å². The van der Waals surface area contributed by atoms with Gasteiger partial charge in [0.25, 0.3) is 5.91 Å². The predicted molar refractivity (Wildman–Crippen MR) is 79.1 cm³/mol. The molecule has 2 N–H and O–H groups in total. The lowest BCUT2D eigenvalue weighted by Crippen LogP contribution is -2.23. The average molecular weight is 347 g/mol. The molecular formula is C15H14ClF3N2O2. The van der Waals surface area contributed by atoms with E-state index < -0.39 is 12.8 Å². The van der Waals surface area contributed by atoms with E-state index in [1.54, 1.807) is 24.3 Å². The summed E-state index contributed by atoms with van der Waals surface area (Å²) in [4.78, 5) is 14.5. The molecule has 0 spiro atoms. The minimum Gasteiger partial charge on any atom is -0.367 e. The van der Waals surface area contributed by atoms with Crippen molar-refractivity contribution < 1.29 is 22.7 Å². The Morgan fingerprint density at radius 2 is 1.87 bits per heavy atom. The first-order valence-electron chi connectivity index (χ1n) is 6.68. The molecule has 2 aromatic rings. The van der Waals surface area contributed by atoms with Gasteiger partial charge in [-0.2, -0.15) is 13.2 Å². The third-order valence-corrected chi connectivity index (χ3v) is 3.12. The summed E-state index contributed by atoms with van der Waals surface area (Å²) in [5.74, 6) is -0.297. The molecule has 0 radical (unpaired) electrons. The number of nitrogens with one attached hydrogen (secondary N) is 2. The first-order chi connectivity index (χ1) is 10.8. The van der Waals surface area contributed by atoms with Crippen LogP contribution in [0.5, 0.6) is 0 Å². The van der Waals surface area contributed by atoms with E-state index in [0.717, 1.165) is 5.56 Å². The van der Waals surface area contributed by atoms with Gasteiger partial charge >= 0.3 is 6.18 Å². The lowest BCUT2D eigenvalue weighted by Gasteiger charge is -2.08. The van der Waals surface area contributed by atoms with Gasteiger partial charge in [-0.1, -0.05) is 35.9 Å². The number of H-pyrrole nitrogens is 1. The van der Waals surface area contributed by atoms with Crippen molar-refractivity contribution in [2.45, 2.75) is 19.3 Å². The number of ether oxygens (including phenoxy) is 1. The largest absolute Gasteiger partial charge is 0.411 e. The van der Waals surface area contributed by atoms with E-state index >= 15 is 0 Å². The molecule has 8 heteroatoms. The van der Waals surface area contributed by atoms with Crippen LogP contribution in [-0.4, -0.2) is 23.7 Å². The molecule has 1 aromatic carbocycles. The Labute approximate surface area is 135 Å². The zero-order chi connectivity index (χ0) is 16.9. The van der Waals surface area contributed by atoms with Gasteiger partial charge in [-0.15, -0.1) is 0 Å². The van der Waals surface area contributed by atoms with Gasteiger partial charge in [-0.05, 0) is 17.2 Å². The Balaban J connectivity index is 1.79. The summed E-state index contributed by atoms with van der Waals surface area (Å²) >= 11 is 5.72. The van der Waals surface area contributed by atoms with E-state index in [9.17, 15) is 18.0 Å². The van der Waals surface area contributed by atoms with Crippen molar-refractivity contribution in [2.75, 3.05) is 6.61 Å². The first kappa shape index (κ1) is 17.4. The fourth-order valence-corrected chi connectivity index (χ4v) is 1.98. The summed E-state index contributed by atoms with van der Waals surface area (Å²) in [5.41, 5.74) is 1.79. The van der Waals surface area contributed by atoms with Gasteiger partial charge in [0, 0.05) is 12.7 Å². The second kappa shape index (κ2) is 7.52. The first-order valence-corrected chi connectivity index (χ1v) is 7.06. The zero-order valence-electron chi connectivity index (χ0n) is 11.9. The lowest BCUT2D eigenvalue weighted by atomic mass is 10.1. The van der Waals surface area contributed by atoms with Crippen LogP contribution in [0.25, 0.3) is 0 Å². The topological polar surface area (TPSA) is 54.1 Å². The Kier molecular flexibility index (Phi) is 5.68. The molecule has 0 unspecified atom stereocenters. The average Bonchev–Trinajstić information content (AvgIpc) is 2.91. The van der Waals surface area contributed by atoms with Crippen LogP contribution in [0.1, 0.15) is 21.6 Å². The molecule has 1 aromatic heterocycles. The highest BCUT2D eigenvalue weighted by atomic mass is 35.5. The summed E-state index contributed by atoms with van der Waals surface area (Å²) in [7, 11) is 0. The van der Waals surface area contributed by atoms with Gasteiger partial charge in [0.1, 0.15) is 12.3 Å². The third-order valence-electron chi connectivity index (χ3n) is 2.90. The van der Waals surface area contributed by atoms with Crippen LogP contribution in [-0.2, 0) is 17.9 Å². The summed E-state index contributed by atoms with van der Waals surface area (Å²) in [5, 5.41) is 3.15. The second-order valence-electron chi connectivity index (χ2n) is 4.84. The molecule has 1 amide bonds. The number of aromatic amines is 1. The van der Waals surface area contributed by atoms with Gasteiger partial charge < -0.3 is 15.0 Å². The number of carbonyl (C=O) groups excluding carboxylic acids is 1. The molecule has 2 rings (SSSR count). The molecule has 0 saturated carbocycles. The van der Waals surface area contributed by atoms with E-state index in [4.69, 9.17) is 11.6 Å². The van der Waals surface area contributed by atoms with Crippen LogP contribution in [0.2, 0.25) is 5.02 Å². The van der Waals surface area contributed by atoms with Crippen molar-refractivity contribution in [3.8, 4) is 0 Å². The van der Waals surface area contributed by atoms with Gasteiger partial charge in [0.05, 0.1) is 11.6 Å². The van der Waals surface area contributed by atoms with Crippen LogP contribution in [0.3, 0.4) is 0 Å². The number of carbonyl (C=O) groups is 1. The third kappa shape index (κ3) is 5.96. The van der Waals surface area contributed by atoms with Crippen molar-refractivity contribution in [1.82, 2.24) is 10.3 Å². The summed E-state index contributed by atoms with van der Waals surface area (Å²) < 4.78 is 40.5. The van der Waals surface area contributed by atoms with Crippen LogP contribution in [0.15, 0.2) is 36.5 Å². The van der Waals surface area contributed by atoms with Crippen LogP contribution < -0.4 is 5.32 Å². The molecule has 4 nitrogen and oxygen atoms in total. The fraction of sp³-hybridized carbons (Fsp3) is 0.267. The maximum absolute atomic E-state index is 12.0. The van der Waals surface area contributed by atoms with Gasteiger partial charge in [-0.3, -0.25) is 4.79 Å². The highest BCUT2D eigenvalue weighted by molar-refractivity contribution is 6.30. The number of benzene rings is 1. The van der Waals surface area contributed by atoms with Crippen LogP contribution in [0, 0.1) is 0 Å². The Morgan fingerprint density at radius 3 is 2.43 bits per heavy atom. The van der Waals surface area contributed by atoms with Gasteiger partial charge in [-0.25, -0.2) is 0 Å². The van der Waals surface area contributed by atoms with E-state index in [-0.39, 0.29) is 12.5 Å². The van der Waals surface area contributed by atoms with Gasteiger partial charge in [0.2, 0.25) is 0 Å². The monoisotopic (exact) mass is 346 g/mol. The smallest absolute Gasteiger partial charge is 0.367 e. The number of aromatic nitrogens is 1. The van der Waals surface area contributed by atoms with E-state index in [1.807, 2.05) is 0 Å². The number of halogens is 4. The molecule has 0 bridgehead atoms. The number of amides is 1. The van der Waals surface area contributed by atoms with Crippen molar-refractivity contribution in [2.24, 2.45) is 0 Å². The normalized spacial score (nSPS) is 11.5. The Bertz CT molecular complexity index is 653. The summed E-state index contributed by atoms with van der Waals surface area (Å²) in [6.45, 7) is -1.10. The highest BCUT2D eigenvalue weighted by Gasteiger charge is 2.27. The van der Waals surface area contributed by atoms with Crippen molar-refractivity contribution in [3.05, 3.63) is 58.4 Å². The quantitative estimate of drug-likeness (QED) is 0.838. The minimum absolute atomic E-state index is 0.118. The second-order valence-corrected chi connectivity index (χ2v) is 5.28. The molecule has 0 saturated heterocycles. The molecule has 1 heterocycles. The molecule has 0 aliphatic rings. The van der Waals surface area contributed by atoms with Crippen LogP contribution >= 0.6 is 11.6 Å². The molecule has 124 valence electrons. The lowest BCUT2D eigenvalue weighted by molar-refractivity contribution is -0.176. The van der Waals surface area contributed by atoms with Crippen LogP contribution in [0.4, 0.5) is 13.2 Å². The Hall–Kier alpha value is -1.99. The maximum atomic E-state index is 12.0. The van der Waals surface area contributed by atoms with Crippen molar-refractivity contribution in [3.63, 3.8) is 0 Å².